The summed E-state index contributed by atoms with van der Waals surface area (Å²) in [7, 11) is -3.83. The van der Waals surface area contributed by atoms with E-state index in [0.29, 0.717) is 5.69 Å². The summed E-state index contributed by atoms with van der Waals surface area (Å²) in [5.41, 5.74) is 6.54. The largest absolute Gasteiger partial charge is 0.396 e. The van der Waals surface area contributed by atoms with Crippen LogP contribution in [0.5, 0.6) is 0 Å². The van der Waals surface area contributed by atoms with Crippen LogP contribution in [-0.4, -0.2) is 13.4 Å². The van der Waals surface area contributed by atoms with E-state index in [1.54, 1.807) is 19.2 Å². The number of nitrogens with one attached hydrogen (secondary N) is 1. The second kappa shape index (κ2) is 5.09. The molecule has 0 amide bonds. The van der Waals surface area contributed by atoms with Crippen LogP contribution in [0.3, 0.4) is 0 Å². The number of rotatable bonds is 3. The van der Waals surface area contributed by atoms with Gasteiger partial charge in [0.1, 0.15) is 5.82 Å². The molecule has 0 saturated carbocycles. The van der Waals surface area contributed by atoms with Crippen molar-refractivity contribution in [1.82, 2.24) is 4.98 Å². The first-order valence-corrected chi connectivity index (χ1v) is 7.28. The van der Waals surface area contributed by atoms with Crippen molar-refractivity contribution in [2.75, 3.05) is 10.5 Å². The molecule has 0 aliphatic carbocycles. The molecule has 0 fully saturated rings. The Kier molecular flexibility index (Phi) is 3.63. The van der Waals surface area contributed by atoms with Gasteiger partial charge in [-0.3, -0.25) is 9.71 Å². The van der Waals surface area contributed by atoms with E-state index in [2.05, 4.69) is 9.71 Å². The molecule has 1 aromatic carbocycles. The molecule has 0 spiro atoms. The van der Waals surface area contributed by atoms with E-state index in [4.69, 9.17) is 5.73 Å². The van der Waals surface area contributed by atoms with Crippen LogP contribution in [-0.2, 0) is 10.0 Å². The van der Waals surface area contributed by atoms with Gasteiger partial charge in [-0.25, -0.2) is 12.8 Å². The molecule has 0 bridgehead atoms. The van der Waals surface area contributed by atoms with Gasteiger partial charge in [-0.15, -0.1) is 0 Å². The second-order valence-corrected chi connectivity index (χ2v) is 6.12. The van der Waals surface area contributed by atoms with Crippen molar-refractivity contribution in [3.8, 4) is 0 Å². The first kappa shape index (κ1) is 14.3. The maximum absolute atomic E-state index is 13.4. The summed E-state index contributed by atoms with van der Waals surface area (Å²) < 4.78 is 40.4. The van der Waals surface area contributed by atoms with Crippen molar-refractivity contribution in [2.24, 2.45) is 0 Å². The van der Waals surface area contributed by atoms with E-state index in [9.17, 15) is 12.8 Å². The third-order valence-electron chi connectivity index (χ3n) is 2.85. The Bertz CT molecular complexity index is 737. The monoisotopic (exact) mass is 295 g/mol. The van der Waals surface area contributed by atoms with Crippen LogP contribution in [0.2, 0.25) is 0 Å². The number of hydrogen-bond donors (Lipinski definition) is 2. The average Bonchev–Trinajstić information content (AvgIpc) is 2.38. The molecule has 1 heterocycles. The Morgan fingerprint density at radius 3 is 2.55 bits per heavy atom. The number of aromatic nitrogens is 1. The molecule has 0 radical (unpaired) electrons. The first-order valence-electron chi connectivity index (χ1n) is 5.80. The van der Waals surface area contributed by atoms with E-state index in [0.717, 1.165) is 11.6 Å². The maximum atomic E-state index is 13.4. The van der Waals surface area contributed by atoms with Crippen molar-refractivity contribution in [1.29, 1.82) is 0 Å². The Morgan fingerprint density at radius 2 is 1.95 bits per heavy atom. The zero-order chi connectivity index (χ0) is 14.9. The molecule has 0 atom stereocenters. The highest BCUT2D eigenvalue weighted by molar-refractivity contribution is 7.92. The fourth-order valence-electron chi connectivity index (χ4n) is 1.69. The summed E-state index contributed by atoms with van der Waals surface area (Å²) >= 11 is 0. The molecule has 0 aliphatic heterocycles. The molecule has 2 aromatic rings. The summed E-state index contributed by atoms with van der Waals surface area (Å²) in [5, 5.41) is 0. The van der Waals surface area contributed by atoms with Crippen LogP contribution >= 0.6 is 0 Å². The lowest BCUT2D eigenvalue weighted by molar-refractivity contribution is 0.599. The molecule has 0 aliphatic rings. The number of aryl methyl sites for hydroxylation is 2. The number of halogens is 1. The van der Waals surface area contributed by atoms with Gasteiger partial charge in [-0.05, 0) is 43.2 Å². The number of hydrogen-bond acceptors (Lipinski definition) is 4. The van der Waals surface area contributed by atoms with Crippen LogP contribution in [0.15, 0.2) is 35.5 Å². The number of sulfonamides is 1. The second-order valence-electron chi connectivity index (χ2n) is 4.44. The predicted octanol–water partition coefficient (Wildman–Crippen LogP) is 2.22. The third kappa shape index (κ3) is 2.72. The quantitative estimate of drug-likeness (QED) is 0.850. The smallest absolute Gasteiger partial charge is 0.262 e. The van der Waals surface area contributed by atoms with Crippen LogP contribution < -0.4 is 10.5 Å². The Balaban J connectivity index is 2.44. The highest BCUT2D eigenvalue weighted by Crippen LogP contribution is 2.23. The lowest BCUT2D eigenvalue weighted by Crippen LogP contribution is -2.15. The lowest BCUT2D eigenvalue weighted by atomic mass is 10.2. The average molecular weight is 295 g/mol. The number of nitrogens with zero attached hydrogens (tertiary/aromatic N) is 1. The molecule has 106 valence electrons. The number of pyridine rings is 1. The molecule has 5 nitrogen and oxygen atoms in total. The van der Waals surface area contributed by atoms with E-state index in [-0.39, 0.29) is 16.1 Å². The van der Waals surface area contributed by atoms with E-state index >= 15 is 0 Å². The summed E-state index contributed by atoms with van der Waals surface area (Å²) in [6, 6.07) is 4.01. The van der Waals surface area contributed by atoms with Crippen LogP contribution in [0, 0.1) is 19.7 Å². The van der Waals surface area contributed by atoms with Gasteiger partial charge < -0.3 is 5.73 Å². The molecule has 20 heavy (non-hydrogen) atoms. The van der Waals surface area contributed by atoms with Gasteiger partial charge in [0, 0.05) is 6.20 Å². The number of nitrogens with two attached hydrogens (primary N) is 1. The first-order chi connectivity index (χ1) is 9.31. The van der Waals surface area contributed by atoms with Gasteiger partial charge in [0.2, 0.25) is 0 Å². The number of anilines is 2. The van der Waals surface area contributed by atoms with Crippen molar-refractivity contribution in [3.63, 3.8) is 0 Å². The standard InChI is InChI=1S/C13H14FN3O2S/c1-8-3-4-16-7-12(8)17-20(18,19)10-5-9(2)13(14)11(15)6-10/h3-7,17H,15H2,1-2H3. The summed E-state index contributed by atoms with van der Waals surface area (Å²) in [4.78, 5) is 3.77. The molecule has 2 rings (SSSR count). The minimum atomic E-state index is -3.83. The SMILES string of the molecule is Cc1ccncc1NS(=O)(=O)c1cc(C)c(F)c(N)c1. The summed E-state index contributed by atoms with van der Waals surface area (Å²) in [5.74, 6) is -0.610. The van der Waals surface area contributed by atoms with E-state index in [1.165, 1.54) is 19.2 Å². The lowest BCUT2D eigenvalue weighted by Gasteiger charge is -2.11. The summed E-state index contributed by atoms with van der Waals surface area (Å²) in [6.07, 6.45) is 2.97. The van der Waals surface area contributed by atoms with Gasteiger partial charge in [0.25, 0.3) is 10.0 Å². The van der Waals surface area contributed by atoms with Crippen molar-refractivity contribution in [2.45, 2.75) is 18.7 Å². The fraction of sp³-hybridized carbons (Fsp3) is 0.154. The van der Waals surface area contributed by atoms with Crippen LogP contribution in [0.1, 0.15) is 11.1 Å². The van der Waals surface area contributed by atoms with Crippen molar-refractivity contribution in [3.05, 3.63) is 47.5 Å². The van der Waals surface area contributed by atoms with Crippen molar-refractivity contribution < 1.29 is 12.8 Å². The van der Waals surface area contributed by atoms with Crippen molar-refractivity contribution >= 4 is 21.4 Å². The molecule has 0 saturated heterocycles. The minimum Gasteiger partial charge on any atom is -0.396 e. The van der Waals surface area contributed by atoms with Gasteiger partial charge in [0.15, 0.2) is 0 Å². The zero-order valence-corrected chi connectivity index (χ0v) is 11.8. The third-order valence-corrected chi connectivity index (χ3v) is 4.19. The fourth-order valence-corrected chi connectivity index (χ4v) is 2.93. The molecule has 7 heteroatoms. The highest BCUT2D eigenvalue weighted by Gasteiger charge is 2.18. The van der Waals surface area contributed by atoms with Gasteiger partial charge in [-0.2, -0.15) is 0 Å². The zero-order valence-electron chi connectivity index (χ0n) is 11.0. The number of benzene rings is 1. The van der Waals surface area contributed by atoms with E-state index in [1.807, 2.05) is 0 Å². The predicted molar refractivity (Wildman–Crippen MR) is 75.3 cm³/mol. The van der Waals surface area contributed by atoms with E-state index < -0.39 is 15.8 Å². The molecule has 3 N–H and O–H groups in total. The Morgan fingerprint density at radius 1 is 1.25 bits per heavy atom. The molecule has 1 aromatic heterocycles. The van der Waals surface area contributed by atoms with Crippen LogP contribution in [0.25, 0.3) is 0 Å². The molecular weight excluding hydrogens is 281 g/mol. The molecule has 0 unspecified atom stereocenters. The molecular formula is C13H14FN3O2S. The minimum absolute atomic E-state index is 0.0860. The normalized spacial score (nSPS) is 11.3. The maximum Gasteiger partial charge on any atom is 0.262 e. The van der Waals surface area contributed by atoms with Gasteiger partial charge in [0.05, 0.1) is 22.5 Å². The topological polar surface area (TPSA) is 85.1 Å². The highest BCUT2D eigenvalue weighted by atomic mass is 32.2. The number of nitrogen functional groups attached to an aromatic ring is 1. The Hall–Kier alpha value is -2.15. The summed E-state index contributed by atoms with van der Waals surface area (Å²) in [6.45, 7) is 3.21. The van der Waals surface area contributed by atoms with Gasteiger partial charge in [-0.1, -0.05) is 0 Å². The Labute approximate surface area is 116 Å². The van der Waals surface area contributed by atoms with Gasteiger partial charge >= 0.3 is 0 Å². The van der Waals surface area contributed by atoms with Crippen LogP contribution in [0.4, 0.5) is 15.8 Å².